The van der Waals surface area contributed by atoms with Crippen LogP contribution >= 0.6 is 0 Å². The molecular weight excluding hydrogens is 300 g/mol. The maximum absolute atomic E-state index is 12.5. The lowest BCUT2D eigenvalue weighted by Crippen LogP contribution is -2.54. The van der Waals surface area contributed by atoms with Crippen molar-refractivity contribution in [3.05, 3.63) is 0 Å². The molecule has 0 spiro atoms. The summed E-state index contributed by atoms with van der Waals surface area (Å²) in [5, 5.41) is 0. The van der Waals surface area contributed by atoms with Crippen molar-refractivity contribution in [1.82, 2.24) is 0 Å². The van der Waals surface area contributed by atoms with Crippen molar-refractivity contribution in [3.8, 4) is 0 Å². The fourth-order valence-electron chi connectivity index (χ4n) is 7.33. The summed E-state index contributed by atoms with van der Waals surface area (Å²) >= 11 is 0. The lowest BCUT2D eigenvalue weighted by atomic mass is 9.45. The number of hydrogen-bond donors (Lipinski definition) is 0. The first-order valence-corrected chi connectivity index (χ1v) is 10.0. The summed E-state index contributed by atoms with van der Waals surface area (Å²) < 4.78 is 5.54. The van der Waals surface area contributed by atoms with Crippen LogP contribution in [0.25, 0.3) is 0 Å². The molecule has 0 aromatic rings. The van der Waals surface area contributed by atoms with E-state index < -0.39 is 0 Å². The third kappa shape index (κ3) is 2.29. The van der Waals surface area contributed by atoms with Crippen LogP contribution < -0.4 is 0 Å². The molecule has 0 aliphatic heterocycles. The van der Waals surface area contributed by atoms with Crippen molar-refractivity contribution < 1.29 is 14.3 Å². The number of esters is 1. The standard InChI is InChI=1S/C21H32O3/c1-13(22)24-15-8-10-20(2)14(12-15)4-5-16-17-6-7-19(23)21(17,3)11-9-18(16)20/h14-18H,4-12H2,1-3H3/t14-,15+,16-,17-,18-,20-,21+/m0/s1. The predicted octanol–water partition coefficient (Wildman–Crippen LogP) is 4.53. The zero-order valence-electron chi connectivity index (χ0n) is 15.5. The Morgan fingerprint density at radius 1 is 1.04 bits per heavy atom. The van der Waals surface area contributed by atoms with Crippen LogP contribution in [0.5, 0.6) is 0 Å². The van der Waals surface area contributed by atoms with Crippen LogP contribution in [0, 0.1) is 34.5 Å². The van der Waals surface area contributed by atoms with Crippen molar-refractivity contribution in [2.45, 2.75) is 84.7 Å². The largest absolute Gasteiger partial charge is 0.463 e. The number of ketones is 1. The maximum atomic E-state index is 12.5. The van der Waals surface area contributed by atoms with Gasteiger partial charge in [-0.1, -0.05) is 13.8 Å². The minimum Gasteiger partial charge on any atom is -0.463 e. The monoisotopic (exact) mass is 332 g/mol. The topological polar surface area (TPSA) is 43.4 Å². The van der Waals surface area contributed by atoms with Crippen molar-refractivity contribution in [1.29, 1.82) is 0 Å². The maximum Gasteiger partial charge on any atom is 0.302 e. The van der Waals surface area contributed by atoms with Gasteiger partial charge in [0.1, 0.15) is 11.9 Å². The van der Waals surface area contributed by atoms with Gasteiger partial charge in [0.15, 0.2) is 0 Å². The molecule has 4 rings (SSSR count). The van der Waals surface area contributed by atoms with Gasteiger partial charge >= 0.3 is 5.97 Å². The molecule has 0 saturated heterocycles. The van der Waals surface area contributed by atoms with Gasteiger partial charge in [-0.25, -0.2) is 0 Å². The van der Waals surface area contributed by atoms with Crippen molar-refractivity contribution in [2.75, 3.05) is 0 Å². The quantitative estimate of drug-likeness (QED) is 0.663. The fraction of sp³-hybridized carbons (Fsp3) is 0.905. The van der Waals surface area contributed by atoms with E-state index in [0.717, 1.165) is 43.9 Å². The smallest absolute Gasteiger partial charge is 0.302 e. The molecule has 3 nitrogen and oxygen atoms in total. The molecule has 4 aliphatic rings. The van der Waals surface area contributed by atoms with E-state index >= 15 is 0 Å². The Hall–Kier alpha value is -0.860. The van der Waals surface area contributed by atoms with E-state index in [0.29, 0.717) is 23.0 Å². The van der Waals surface area contributed by atoms with Crippen LogP contribution in [0.4, 0.5) is 0 Å². The Bertz CT molecular complexity index is 555. The molecule has 0 aromatic heterocycles. The summed E-state index contributed by atoms with van der Waals surface area (Å²) in [6, 6.07) is 0. The second-order valence-corrected chi connectivity index (χ2v) is 9.58. The third-order valence-corrected chi connectivity index (χ3v) is 8.66. The predicted molar refractivity (Wildman–Crippen MR) is 92.3 cm³/mol. The number of ether oxygens (including phenoxy) is 1. The highest BCUT2D eigenvalue weighted by molar-refractivity contribution is 5.87. The Labute approximate surface area is 145 Å². The van der Waals surface area contributed by atoms with E-state index in [1.54, 1.807) is 0 Å². The van der Waals surface area contributed by atoms with E-state index in [1.807, 2.05) is 0 Å². The molecule has 134 valence electrons. The highest BCUT2D eigenvalue weighted by atomic mass is 16.5. The SMILES string of the molecule is CC(=O)O[C@@H]1CC[C@@]2(C)[C@@H](CC[C@@H]3[C@@H]2CC[C@@]2(C)C(=O)CC[C@@H]32)C1. The Morgan fingerprint density at radius 3 is 2.58 bits per heavy atom. The molecule has 0 aromatic carbocycles. The molecule has 0 bridgehead atoms. The molecule has 4 aliphatic carbocycles. The number of fused-ring (bicyclic) bond motifs is 5. The van der Waals surface area contributed by atoms with E-state index in [1.165, 1.54) is 32.6 Å². The zero-order valence-corrected chi connectivity index (χ0v) is 15.5. The van der Waals surface area contributed by atoms with Gasteiger partial charge in [0.05, 0.1) is 0 Å². The lowest BCUT2D eigenvalue weighted by molar-refractivity contribution is -0.160. The fourth-order valence-corrected chi connectivity index (χ4v) is 7.33. The molecule has 0 amide bonds. The van der Waals surface area contributed by atoms with Crippen LogP contribution in [0.3, 0.4) is 0 Å². The van der Waals surface area contributed by atoms with Crippen molar-refractivity contribution >= 4 is 11.8 Å². The first-order chi connectivity index (χ1) is 11.3. The van der Waals surface area contributed by atoms with Gasteiger partial charge in [0.25, 0.3) is 0 Å². The molecule has 0 unspecified atom stereocenters. The van der Waals surface area contributed by atoms with Gasteiger partial charge < -0.3 is 4.74 Å². The molecule has 0 heterocycles. The Kier molecular flexibility index (Phi) is 3.85. The molecule has 0 radical (unpaired) electrons. The van der Waals surface area contributed by atoms with Crippen molar-refractivity contribution in [2.24, 2.45) is 34.5 Å². The van der Waals surface area contributed by atoms with E-state index in [4.69, 9.17) is 4.74 Å². The summed E-state index contributed by atoms with van der Waals surface area (Å²) in [5.74, 6) is 3.26. The first-order valence-electron chi connectivity index (χ1n) is 10.0. The average molecular weight is 332 g/mol. The molecule has 0 N–H and O–H groups in total. The second kappa shape index (κ2) is 5.57. The van der Waals surface area contributed by atoms with Gasteiger partial charge in [-0.2, -0.15) is 0 Å². The number of hydrogen-bond acceptors (Lipinski definition) is 3. The van der Waals surface area contributed by atoms with Gasteiger partial charge in [0.2, 0.25) is 0 Å². The summed E-state index contributed by atoms with van der Waals surface area (Å²) in [5.41, 5.74) is 0.381. The third-order valence-electron chi connectivity index (χ3n) is 8.66. The van der Waals surface area contributed by atoms with Crippen LogP contribution in [0.15, 0.2) is 0 Å². The molecule has 4 fully saturated rings. The Balaban J connectivity index is 1.54. The van der Waals surface area contributed by atoms with Gasteiger partial charge in [-0.15, -0.1) is 0 Å². The van der Waals surface area contributed by atoms with E-state index in [2.05, 4.69) is 13.8 Å². The Morgan fingerprint density at radius 2 is 1.83 bits per heavy atom. The summed E-state index contributed by atoms with van der Waals surface area (Å²) in [4.78, 5) is 23.8. The number of Topliss-reactive ketones (excluding diaryl/α,β-unsaturated/α-hetero) is 1. The second-order valence-electron chi connectivity index (χ2n) is 9.58. The van der Waals surface area contributed by atoms with Gasteiger partial charge in [-0.05, 0) is 80.5 Å². The van der Waals surface area contributed by atoms with Crippen LogP contribution in [-0.4, -0.2) is 17.9 Å². The number of carbonyl (C=O) groups is 2. The zero-order chi connectivity index (χ0) is 17.1. The van der Waals surface area contributed by atoms with Gasteiger partial charge in [0, 0.05) is 18.8 Å². The molecule has 24 heavy (non-hydrogen) atoms. The highest BCUT2D eigenvalue weighted by Gasteiger charge is 2.60. The summed E-state index contributed by atoms with van der Waals surface area (Å²) in [6.07, 6.45) is 10.2. The van der Waals surface area contributed by atoms with Crippen LogP contribution in [0.1, 0.15) is 78.6 Å². The molecule has 3 heteroatoms. The van der Waals surface area contributed by atoms with Crippen LogP contribution in [-0.2, 0) is 14.3 Å². The molecular formula is C21H32O3. The molecule has 7 atom stereocenters. The van der Waals surface area contributed by atoms with Crippen molar-refractivity contribution in [3.63, 3.8) is 0 Å². The lowest BCUT2D eigenvalue weighted by Gasteiger charge is -2.60. The normalized spacial score (nSPS) is 50.6. The minimum absolute atomic E-state index is 0.0146. The minimum atomic E-state index is -0.129. The number of carbonyl (C=O) groups excluding carboxylic acids is 2. The van der Waals surface area contributed by atoms with Crippen LogP contribution in [0.2, 0.25) is 0 Å². The van der Waals surface area contributed by atoms with E-state index in [9.17, 15) is 9.59 Å². The van der Waals surface area contributed by atoms with E-state index in [-0.39, 0.29) is 17.5 Å². The van der Waals surface area contributed by atoms with Gasteiger partial charge in [-0.3, -0.25) is 9.59 Å². The molecule has 4 saturated carbocycles. The highest BCUT2D eigenvalue weighted by Crippen LogP contribution is 2.65. The first kappa shape index (κ1) is 16.6. The summed E-state index contributed by atoms with van der Waals surface area (Å²) in [6.45, 7) is 6.30. The number of rotatable bonds is 1. The summed E-state index contributed by atoms with van der Waals surface area (Å²) in [7, 11) is 0. The average Bonchev–Trinajstić information content (AvgIpc) is 2.83.